The number of amides is 1. The van der Waals surface area contributed by atoms with Crippen LogP contribution in [0.2, 0.25) is 0 Å². The summed E-state index contributed by atoms with van der Waals surface area (Å²) in [4.78, 5) is 35.9. The molecule has 0 saturated carbocycles. The Hall–Kier alpha value is -3.61. The Bertz CT molecular complexity index is 954. The van der Waals surface area contributed by atoms with Crippen molar-refractivity contribution in [3.05, 3.63) is 65.7 Å². The highest BCUT2D eigenvalue weighted by Gasteiger charge is 2.18. The summed E-state index contributed by atoms with van der Waals surface area (Å²) in [5.74, 6) is -0.0681. The molecule has 1 heterocycles. The van der Waals surface area contributed by atoms with Gasteiger partial charge in [-0.2, -0.15) is 0 Å². The molecule has 0 bridgehead atoms. The predicted molar refractivity (Wildman–Crippen MR) is 115 cm³/mol. The Kier molecular flexibility index (Phi) is 7.81. The van der Waals surface area contributed by atoms with Crippen molar-refractivity contribution in [1.29, 1.82) is 0 Å². The average Bonchev–Trinajstić information content (AvgIpc) is 3.01. The van der Waals surface area contributed by atoms with Gasteiger partial charge in [0.25, 0.3) is 5.91 Å². The molecule has 3 rings (SSSR count). The van der Waals surface area contributed by atoms with Gasteiger partial charge in [-0.3, -0.25) is 9.59 Å². The van der Waals surface area contributed by atoms with Crippen molar-refractivity contribution in [3.8, 4) is 11.5 Å². The van der Waals surface area contributed by atoms with Gasteiger partial charge in [0.2, 0.25) is 0 Å². The minimum Gasteiger partial charge on any atom is -0.490 e. The van der Waals surface area contributed by atoms with Crippen LogP contribution in [0.5, 0.6) is 11.5 Å². The molecule has 31 heavy (non-hydrogen) atoms. The van der Waals surface area contributed by atoms with Gasteiger partial charge in [-0.1, -0.05) is 36.4 Å². The maximum Gasteiger partial charge on any atom is 0.331 e. The van der Waals surface area contributed by atoms with E-state index in [1.165, 1.54) is 13.0 Å². The molecule has 162 valence electrons. The molecule has 2 aromatic rings. The maximum absolute atomic E-state index is 12.1. The normalized spacial score (nSPS) is 13.8. The van der Waals surface area contributed by atoms with Gasteiger partial charge in [-0.05, 0) is 42.7 Å². The number of benzene rings is 2. The molecule has 2 aromatic carbocycles. The number of hydrogen-bond donors (Lipinski definition) is 1. The number of nitrogens with one attached hydrogen (secondary N) is 1. The second-order valence-electron chi connectivity index (χ2n) is 7.12. The maximum atomic E-state index is 12.1. The van der Waals surface area contributed by atoms with Crippen molar-refractivity contribution >= 4 is 23.7 Å². The zero-order valence-corrected chi connectivity index (χ0v) is 17.3. The Labute approximate surface area is 181 Å². The summed E-state index contributed by atoms with van der Waals surface area (Å²) in [5.41, 5.74) is 1.67. The number of hydrogen-bond acceptors (Lipinski definition) is 6. The first-order chi connectivity index (χ1) is 15.0. The molecule has 0 radical (unpaired) electrons. The lowest BCUT2D eigenvalue weighted by atomic mass is 10.0. The van der Waals surface area contributed by atoms with E-state index in [0.29, 0.717) is 31.1 Å². The number of ether oxygens (including phenoxy) is 3. The molecular weight excluding hydrogens is 398 g/mol. The van der Waals surface area contributed by atoms with E-state index in [-0.39, 0.29) is 5.78 Å². The number of carbonyl (C=O) groups is 3. The van der Waals surface area contributed by atoms with Gasteiger partial charge in [0.05, 0.1) is 19.3 Å². The highest BCUT2D eigenvalue weighted by molar-refractivity contribution is 5.91. The molecule has 7 nitrogen and oxygen atoms in total. The first kappa shape index (κ1) is 22.1. The van der Waals surface area contributed by atoms with Crippen LogP contribution in [0.4, 0.5) is 0 Å². The van der Waals surface area contributed by atoms with Gasteiger partial charge >= 0.3 is 5.97 Å². The van der Waals surface area contributed by atoms with Crippen molar-refractivity contribution in [3.63, 3.8) is 0 Å². The lowest BCUT2D eigenvalue weighted by molar-refractivity contribution is -0.144. The zero-order chi connectivity index (χ0) is 22.1. The number of carbonyl (C=O) groups excluding carboxylic acids is 3. The lowest BCUT2D eigenvalue weighted by Crippen LogP contribution is -2.43. The highest BCUT2D eigenvalue weighted by Crippen LogP contribution is 2.30. The predicted octanol–water partition coefficient (Wildman–Crippen LogP) is 2.72. The largest absolute Gasteiger partial charge is 0.490 e. The van der Waals surface area contributed by atoms with E-state index >= 15 is 0 Å². The second-order valence-corrected chi connectivity index (χ2v) is 7.12. The Balaban J connectivity index is 1.48. The molecule has 0 fully saturated rings. The number of esters is 1. The van der Waals surface area contributed by atoms with E-state index in [1.54, 1.807) is 24.3 Å². The van der Waals surface area contributed by atoms with Crippen molar-refractivity contribution in [2.75, 3.05) is 19.8 Å². The molecule has 1 amide bonds. The zero-order valence-electron chi connectivity index (χ0n) is 17.3. The molecule has 1 aliphatic heterocycles. The van der Waals surface area contributed by atoms with Crippen molar-refractivity contribution < 1.29 is 28.6 Å². The summed E-state index contributed by atoms with van der Waals surface area (Å²) in [5, 5.41) is 2.61. The fraction of sp³-hybridized carbons (Fsp3) is 0.292. The molecule has 7 heteroatoms. The minimum absolute atomic E-state index is 0.169. The summed E-state index contributed by atoms with van der Waals surface area (Å²) in [6.45, 7) is 2.12. The van der Waals surface area contributed by atoms with Gasteiger partial charge in [0, 0.05) is 12.5 Å². The third-order valence-corrected chi connectivity index (χ3v) is 4.64. The van der Waals surface area contributed by atoms with E-state index < -0.39 is 24.5 Å². The SMILES string of the molecule is CC(=O)[C@H](Cc1ccccc1)NC(=O)COC(=O)/C=C/c1ccc2c(c1)OCCCO2. The molecular formula is C24H25NO6. The topological polar surface area (TPSA) is 90.9 Å². The molecule has 1 N–H and O–H groups in total. The van der Waals surface area contributed by atoms with Crippen LogP contribution in [0.3, 0.4) is 0 Å². The van der Waals surface area contributed by atoms with Gasteiger partial charge < -0.3 is 19.5 Å². The minimum atomic E-state index is -0.675. The summed E-state index contributed by atoms with van der Waals surface area (Å²) < 4.78 is 16.2. The van der Waals surface area contributed by atoms with Crippen LogP contribution >= 0.6 is 0 Å². The van der Waals surface area contributed by atoms with Crippen LogP contribution in [0.25, 0.3) is 6.08 Å². The molecule has 0 saturated heterocycles. The molecule has 0 unspecified atom stereocenters. The Morgan fingerprint density at radius 3 is 2.55 bits per heavy atom. The van der Waals surface area contributed by atoms with Gasteiger partial charge in [0.1, 0.15) is 0 Å². The lowest BCUT2D eigenvalue weighted by Gasteiger charge is -2.16. The first-order valence-electron chi connectivity index (χ1n) is 10.1. The van der Waals surface area contributed by atoms with Crippen LogP contribution in [-0.4, -0.2) is 43.5 Å². The summed E-state index contributed by atoms with van der Waals surface area (Å²) in [6, 6.07) is 14.1. The summed E-state index contributed by atoms with van der Waals surface area (Å²) in [7, 11) is 0. The van der Waals surface area contributed by atoms with Crippen LogP contribution < -0.4 is 14.8 Å². The Morgan fingerprint density at radius 2 is 1.81 bits per heavy atom. The fourth-order valence-electron chi connectivity index (χ4n) is 3.01. The average molecular weight is 423 g/mol. The van der Waals surface area contributed by atoms with E-state index in [9.17, 15) is 14.4 Å². The van der Waals surface area contributed by atoms with E-state index in [4.69, 9.17) is 14.2 Å². The molecule has 1 atom stereocenters. The number of fused-ring (bicyclic) bond motifs is 1. The van der Waals surface area contributed by atoms with Gasteiger partial charge in [0.15, 0.2) is 23.9 Å². The van der Waals surface area contributed by atoms with Crippen LogP contribution in [0.1, 0.15) is 24.5 Å². The third-order valence-electron chi connectivity index (χ3n) is 4.64. The molecule has 0 aliphatic carbocycles. The molecule has 0 aromatic heterocycles. The van der Waals surface area contributed by atoms with Crippen molar-refractivity contribution in [2.24, 2.45) is 0 Å². The third kappa shape index (κ3) is 6.99. The van der Waals surface area contributed by atoms with Gasteiger partial charge in [-0.25, -0.2) is 4.79 Å². The van der Waals surface area contributed by atoms with E-state index in [2.05, 4.69) is 5.32 Å². The van der Waals surface area contributed by atoms with Crippen molar-refractivity contribution in [1.82, 2.24) is 5.32 Å². The van der Waals surface area contributed by atoms with Crippen LogP contribution in [-0.2, 0) is 25.5 Å². The Morgan fingerprint density at radius 1 is 1.06 bits per heavy atom. The number of rotatable bonds is 8. The van der Waals surface area contributed by atoms with Crippen molar-refractivity contribution in [2.45, 2.75) is 25.8 Å². The fourth-order valence-corrected chi connectivity index (χ4v) is 3.01. The highest BCUT2D eigenvalue weighted by atomic mass is 16.5. The van der Waals surface area contributed by atoms with Crippen LogP contribution in [0.15, 0.2) is 54.6 Å². The molecule has 1 aliphatic rings. The molecule has 0 spiro atoms. The first-order valence-corrected chi connectivity index (χ1v) is 10.1. The van der Waals surface area contributed by atoms with E-state index in [1.807, 2.05) is 30.3 Å². The van der Waals surface area contributed by atoms with E-state index in [0.717, 1.165) is 17.5 Å². The second kappa shape index (κ2) is 11.0. The quantitative estimate of drug-likeness (QED) is 0.519. The standard InChI is InChI=1S/C24H25NO6/c1-17(26)20(14-18-6-3-2-4-7-18)25-23(27)16-31-24(28)11-9-19-8-10-21-22(15-19)30-13-5-12-29-21/h2-4,6-11,15,20H,5,12-14,16H2,1H3,(H,25,27)/b11-9+/t20-/m0/s1. The monoisotopic (exact) mass is 423 g/mol. The number of Topliss-reactive ketones (excluding diaryl/α,β-unsaturated/α-hetero) is 1. The smallest absolute Gasteiger partial charge is 0.331 e. The van der Waals surface area contributed by atoms with Gasteiger partial charge in [-0.15, -0.1) is 0 Å². The van der Waals surface area contributed by atoms with Crippen LogP contribution in [0, 0.1) is 0 Å². The number of ketones is 1. The summed E-state index contributed by atoms with van der Waals surface area (Å²) in [6.07, 6.45) is 3.99. The summed E-state index contributed by atoms with van der Waals surface area (Å²) >= 11 is 0.